The highest BCUT2D eigenvalue weighted by Gasteiger charge is 2.22. The second-order valence-corrected chi connectivity index (χ2v) is 7.74. The SMILES string of the molecule is NCCc1ccc(NC2CCN(C(=O)NCc3ccc(OCC(=O)O)cc3F)CC2)cc1. The summed E-state index contributed by atoms with van der Waals surface area (Å²) in [5.41, 5.74) is 8.15. The molecule has 9 heteroatoms. The number of carbonyl (C=O) groups excluding carboxylic acids is 1. The van der Waals surface area contributed by atoms with Gasteiger partial charge < -0.3 is 31.1 Å². The third kappa shape index (κ3) is 6.84. The van der Waals surface area contributed by atoms with E-state index in [2.05, 4.69) is 34.9 Å². The molecule has 0 unspecified atom stereocenters. The summed E-state index contributed by atoms with van der Waals surface area (Å²) in [4.78, 5) is 24.7. The zero-order valence-electron chi connectivity index (χ0n) is 17.9. The Kier molecular flexibility index (Phi) is 8.27. The Hall–Kier alpha value is -3.33. The lowest BCUT2D eigenvalue weighted by atomic mass is 10.0. The molecular formula is C23H29FN4O4. The topological polar surface area (TPSA) is 117 Å². The van der Waals surface area contributed by atoms with Crippen molar-refractivity contribution in [2.45, 2.75) is 31.8 Å². The van der Waals surface area contributed by atoms with Crippen molar-refractivity contribution < 1.29 is 23.8 Å². The smallest absolute Gasteiger partial charge is 0.341 e. The Balaban J connectivity index is 1.42. The number of piperidine rings is 1. The molecule has 32 heavy (non-hydrogen) atoms. The summed E-state index contributed by atoms with van der Waals surface area (Å²) in [7, 11) is 0. The van der Waals surface area contributed by atoms with Gasteiger partial charge in [-0.05, 0) is 49.6 Å². The predicted octanol–water partition coefficient (Wildman–Crippen LogP) is 2.58. The van der Waals surface area contributed by atoms with Crippen LogP contribution in [0.4, 0.5) is 14.9 Å². The molecule has 0 atom stereocenters. The van der Waals surface area contributed by atoms with E-state index in [1.165, 1.54) is 17.7 Å². The second-order valence-electron chi connectivity index (χ2n) is 7.74. The van der Waals surface area contributed by atoms with E-state index in [-0.39, 0.29) is 24.4 Å². The molecule has 1 aliphatic rings. The molecule has 172 valence electrons. The minimum atomic E-state index is -1.14. The van der Waals surface area contributed by atoms with E-state index in [0.29, 0.717) is 25.2 Å². The zero-order valence-corrected chi connectivity index (χ0v) is 17.9. The molecule has 0 spiro atoms. The minimum absolute atomic E-state index is 0.0389. The van der Waals surface area contributed by atoms with Gasteiger partial charge in [0.1, 0.15) is 11.6 Å². The maximum absolute atomic E-state index is 14.2. The van der Waals surface area contributed by atoms with Crippen LogP contribution in [0.5, 0.6) is 5.75 Å². The molecule has 1 saturated heterocycles. The van der Waals surface area contributed by atoms with Crippen LogP contribution >= 0.6 is 0 Å². The van der Waals surface area contributed by atoms with E-state index in [0.717, 1.165) is 31.0 Å². The number of hydrogen-bond donors (Lipinski definition) is 4. The summed E-state index contributed by atoms with van der Waals surface area (Å²) in [6.45, 7) is 1.35. The number of benzene rings is 2. The molecule has 2 aromatic rings. The number of hydrogen-bond acceptors (Lipinski definition) is 5. The van der Waals surface area contributed by atoms with Crippen molar-refractivity contribution in [3.63, 3.8) is 0 Å². The van der Waals surface area contributed by atoms with Gasteiger partial charge in [-0.2, -0.15) is 0 Å². The summed E-state index contributed by atoms with van der Waals surface area (Å²) >= 11 is 0. The molecule has 3 rings (SSSR count). The molecule has 0 saturated carbocycles. The largest absolute Gasteiger partial charge is 0.482 e. The van der Waals surface area contributed by atoms with Crippen LogP contribution in [-0.2, 0) is 17.8 Å². The van der Waals surface area contributed by atoms with Crippen LogP contribution in [0.25, 0.3) is 0 Å². The van der Waals surface area contributed by atoms with Gasteiger partial charge in [0.2, 0.25) is 0 Å². The summed E-state index contributed by atoms with van der Waals surface area (Å²) in [5.74, 6) is -1.57. The van der Waals surface area contributed by atoms with E-state index in [9.17, 15) is 14.0 Å². The number of amides is 2. The number of rotatable bonds is 9. The van der Waals surface area contributed by atoms with Gasteiger partial charge in [-0.25, -0.2) is 14.0 Å². The zero-order chi connectivity index (χ0) is 22.9. The summed E-state index contributed by atoms with van der Waals surface area (Å²) in [5, 5.41) is 14.9. The number of anilines is 1. The van der Waals surface area contributed by atoms with E-state index in [4.69, 9.17) is 15.6 Å². The Labute approximate surface area is 186 Å². The highest BCUT2D eigenvalue weighted by atomic mass is 19.1. The number of carbonyl (C=O) groups is 2. The molecular weight excluding hydrogens is 415 g/mol. The second kappa shape index (κ2) is 11.3. The lowest BCUT2D eigenvalue weighted by Gasteiger charge is -2.33. The van der Waals surface area contributed by atoms with Crippen molar-refractivity contribution in [1.82, 2.24) is 10.2 Å². The van der Waals surface area contributed by atoms with Crippen molar-refractivity contribution in [1.29, 1.82) is 0 Å². The number of halogens is 1. The van der Waals surface area contributed by atoms with Gasteiger partial charge >= 0.3 is 12.0 Å². The quantitative estimate of drug-likeness (QED) is 0.472. The van der Waals surface area contributed by atoms with Gasteiger partial charge in [0.25, 0.3) is 0 Å². The van der Waals surface area contributed by atoms with Crippen LogP contribution in [0.15, 0.2) is 42.5 Å². The molecule has 8 nitrogen and oxygen atoms in total. The monoisotopic (exact) mass is 444 g/mol. The molecule has 1 aliphatic heterocycles. The van der Waals surface area contributed by atoms with Gasteiger partial charge in [0, 0.05) is 43.0 Å². The molecule has 2 aromatic carbocycles. The molecule has 0 bridgehead atoms. The first kappa shape index (κ1) is 23.3. The Morgan fingerprint density at radius 1 is 1.16 bits per heavy atom. The number of carboxylic acid groups (broad SMARTS) is 1. The summed E-state index contributed by atoms with van der Waals surface area (Å²) in [6, 6.07) is 12.4. The number of carboxylic acids is 1. The molecule has 1 heterocycles. The summed E-state index contributed by atoms with van der Waals surface area (Å²) < 4.78 is 19.1. The molecule has 0 aromatic heterocycles. The fourth-order valence-electron chi connectivity index (χ4n) is 3.59. The number of nitrogens with zero attached hydrogens (tertiary/aromatic N) is 1. The highest BCUT2D eigenvalue weighted by molar-refractivity contribution is 5.74. The molecule has 2 amide bonds. The van der Waals surface area contributed by atoms with Gasteiger partial charge in [0.15, 0.2) is 6.61 Å². The van der Waals surface area contributed by atoms with Crippen molar-refractivity contribution in [3.8, 4) is 5.75 Å². The van der Waals surface area contributed by atoms with Crippen LogP contribution in [0.3, 0.4) is 0 Å². The number of aliphatic carboxylic acids is 1. The molecule has 1 fully saturated rings. The number of urea groups is 1. The number of nitrogens with one attached hydrogen (secondary N) is 2. The van der Waals surface area contributed by atoms with Gasteiger partial charge in [-0.1, -0.05) is 18.2 Å². The van der Waals surface area contributed by atoms with Crippen LogP contribution in [-0.4, -0.2) is 54.3 Å². The Morgan fingerprint density at radius 3 is 2.50 bits per heavy atom. The average Bonchev–Trinajstić information content (AvgIpc) is 2.79. The first-order chi connectivity index (χ1) is 15.4. The molecule has 0 radical (unpaired) electrons. The third-order valence-electron chi connectivity index (χ3n) is 5.36. The fraction of sp³-hybridized carbons (Fsp3) is 0.391. The highest BCUT2D eigenvalue weighted by Crippen LogP contribution is 2.19. The molecule has 5 N–H and O–H groups in total. The number of likely N-dealkylation sites (tertiary alicyclic amines) is 1. The van der Waals surface area contributed by atoms with Crippen molar-refractivity contribution in [3.05, 3.63) is 59.4 Å². The van der Waals surface area contributed by atoms with Gasteiger partial charge in [0.05, 0.1) is 0 Å². The van der Waals surface area contributed by atoms with Crippen molar-refractivity contribution >= 4 is 17.7 Å². The predicted molar refractivity (Wildman–Crippen MR) is 119 cm³/mol. The maximum Gasteiger partial charge on any atom is 0.341 e. The normalized spacial score (nSPS) is 14.1. The van der Waals surface area contributed by atoms with E-state index in [1.807, 2.05) is 0 Å². The van der Waals surface area contributed by atoms with Gasteiger partial charge in [-0.3, -0.25) is 0 Å². The average molecular weight is 445 g/mol. The fourth-order valence-corrected chi connectivity index (χ4v) is 3.59. The van der Waals surface area contributed by atoms with E-state index < -0.39 is 18.4 Å². The summed E-state index contributed by atoms with van der Waals surface area (Å²) in [6.07, 6.45) is 2.50. The van der Waals surface area contributed by atoms with Crippen LogP contribution < -0.4 is 21.1 Å². The number of nitrogens with two attached hydrogens (primary N) is 1. The first-order valence-electron chi connectivity index (χ1n) is 10.7. The standard InChI is InChI=1S/C23H29FN4O4/c24-21-13-20(32-15-22(29)30)6-3-17(21)14-26-23(31)28-11-8-19(9-12-28)27-18-4-1-16(2-5-18)7-10-25/h1-6,13,19,27H,7-12,14-15,25H2,(H,26,31)(H,29,30). The first-order valence-corrected chi connectivity index (χ1v) is 10.7. The lowest BCUT2D eigenvalue weighted by molar-refractivity contribution is -0.139. The van der Waals surface area contributed by atoms with Crippen LogP contribution in [0, 0.1) is 5.82 Å². The van der Waals surface area contributed by atoms with Crippen molar-refractivity contribution in [2.75, 3.05) is 31.6 Å². The Bertz CT molecular complexity index is 915. The van der Waals surface area contributed by atoms with E-state index >= 15 is 0 Å². The lowest BCUT2D eigenvalue weighted by Crippen LogP contribution is -2.46. The van der Waals surface area contributed by atoms with Crippen molar-refractivity contribution in [2.24, 2.45) is 5.73 Å². The minimum Gasteiger partial charge on any atom is -0.482 e. The van der Waals surface area contributed by atoms with E-state index in [1.54, 1.807) is 4.90 Å². The van der Waals surface area contributed by atoms with Crippen LogP contribution in [0.1, 0.15) is 24.0 Å². The van der Waals surface area contributed by atoms with Gasteiger partial charge in [-0.15, -0.1) is 0 Å². The number of ether oxygens (including phenoxy) is 1. The van der Waals surface area contributed by atoms with Crippen LogP contribution in [0.2, 0.25) is 0 Å². The Morgan fingerprint density at radius 2 is 1.88 bits per heavy atom. The third-order valence-corrected chi connectivity index (χ3v) is 5.36. The maximum atomic E-state index is 14.2. The molecule has 0 aliphatic carbocycles.